The Kier molecular flexibility index (Phi) is 5.33. The first kappa shape index (κ1) is 19.2. The van der Waals surface area contributed by atoms with E-state index in [2.05, 4.69) is 61.8 Å². The lowest BCUT2D eigenvalue weighted by Gasteiger charge is -2.35. The lowest BCUT2D eigenvalue weighted by molar-refractivity contribution is -0.142. The zero-order valence-corrected chi connectivity index (χ0v) is 16.4. The Hall–Kier alpha value is -1.57. The number of anilines is 1. The third-order valence-corrected chi connectivity index (χ3v) is 5.74. The highest BCUT2D eigenvalue weighted by Crippen LogP contribution is 2.36. The van der Waals surface area contributed by atoms with Crippen LogP contribution in [-0.4, -0.2) is 69.0 Å². The van der Waals surface area contributed by atoms with Gasteiger partial charge in [-0.05, 0) is 45.3 Å². The summed E-state index contributed by atoms with van der Waals surface area (Å²) in [4.78, 5) is 15.8. The molecule has 0 unspecified atom stereocenters. The molecule has 2 aliphatic rings. The molecule has 1 aromatic carbocycles. The van der Waals surface area contributed by atoms with Crippen molar-refractivity contribution in [2.24, 2.45) is 0 Å². The number of hydrogen-bond acceptors (Lipinski definition) is 6. The van der Waals surface area contributed by atoms with Gasteiger partial charge >= 0.3 is 13.1 Å². The van der Waals surface area contributed by atoms with E-state index in [0.717, 1.165) is 31.6 Å². The fraction of sp³-hybridized carbons (Fsp3) is 0.632. The van der Waals surface area contributed by atoms with Gasteiger partial charge in [-0.1, -0.05) is 12.1 Å². The monoisotopic (exact) mass is 360 g/mol. The minimum Gasteiger partial charge on any atom is -0.468 e. The zero-order valence-electron chi connectivity index (χ0n) is 16.4. The minimum absolute atomic E-state index is 0.176. The summed E-state index contributed by atoms with van der Waals surface area (Å²) in [5.41, 5.74) is 1.57. The topological polar surface area (TPSA) is 51.2 Å². The highest BCUT2D eigenvalue weighted by molar-refractivity contribution is 6.62. The van der Waals surface area contributed by atoms with Gasteiger partial charge in [0.25, 0.3) is 0 Å². The van der Waals surface area contributed by atoms with E-state index < -0.39 is 0 Å². The van der Waals surface area contributed by atoms with Crippen LogP contribution in [0.1, 0.15) is 27.7 Å². The van der Waals surface area contributed by atoms with Gasteiger partial charge in [0, 0.05) is 31.9 Å². The summed E-state index contributed by atoms with van der Waals surface area (Å²) in [6, 6.07) is 8.41. The Labute approximate surface area is 156 Å². The maximum absolute atomic E-state index is 11.4. The van der Waals surface area contributed by atoms with Crippen molar-refractivity contribution in [1.29, 1.82) is 0 Å². The largest absolute Gasteiger partial charge is 0.494 e. The van der Waals surface area contributed by atoms with Crippen LogP contribution in [0.3, 0.4) is 0 Å². The third-order valence-electron chi connectivity index (χ3n) is 5.74. The van der Waals surface area contributed by atoms with E-state index in [9.17, 15) is 4.79 Å². The van der Waals surface area contributed by atoms with Crippen molar-refractivity contribution in [1.82, 2.24) is 4.90 Å². The molecule has 0 spiro atoms. The van der Waals surface area contributed by atoms with Gasteiger partial charge in [-0.2, -0.15) is 0 Å². The van der Waals surface area contributed by atoms with Crippen LogP contribution in [0.5, 0.6) is 0 Å². The second-order valence-electron chi connectivity index (χ2n) is 8.02. The third kappa shape index (κ3) is 3.90. The second kappa shape index (κ2) is 7.21. The molecule has 26 heavy (non-hydrogen) atoms. The molecule has 0 N–H and O–H groups in total. The summed E-state index contributed by atoms with van der Waals surface area (Å²) >= 11 is 0. The normalized spacial score (nSPS) is 22.5. The van der Waals surface area contributed by atoms with Gasteiger partial charge in [0.15, 0.2) is 0 Å². The van der Waals surface area contributed by atoms with Crippen molar-refractivity contribution in [3.63, 3.8) is 0 Å². The van der Waals surface area contributed by atoms with Gasteiger partial charge in [0.05, 0.1) is 24.9 Å². The van der Waals surface area contributed by atoms with E-state index in [-0.39, 0.29) is 24.3 Å². The number of hydrogen-bond donors (Lipinski definition) is 0. The Morgan fingerprint density at radius 2 is 1.58 bits per heavy atom. The van der Waals surface area contributed by atoms with Crippen molar-refractivity contribution in [2.75, 3.05) is 44.7 Å². The number of carbonyl (C=O) groups is 1. The number of piperazine rings is 1. The predicted molar refractivity (Wildman–Crippen MR) is 103 cm³/mol. The van der Waals surface area contributed by atoms with Crippen LogP contribution in [0.4, 0.5) is 5.69 Å². The maximum atomic E-state index is 11.4. The van der Waals surface area contributed by atoms with Crippen molar-refractivity contribution in [3.8, 4) is 0 Å². The molecule has 0 aliphatic carbocycles. The fourth-order valence-electron chi connectivity index (χ4n) is 3.23. The van der Waals surface area contributed by atoms with Crippen LogP contribution in [0.2, 0.25) is 0 Å². The SMILES string of the molecule is COC(=O)CN1CCN(c2ccc(B3OC(C)(C)C(C)(C)O3)cc2)CC1. The lowest BCUT2D eigenvalue weighted by atomic mass is 9.79. The van der Waals surface area contributed by atoms with E-state index >= 15 is 0 Å². The molecular formula is C19H29BN2O4. The number of carbonyl (C=O) groups excluding carboxylic acids is 1. The number of esters is 1. The zero-order chi connectivity index (χ0) is 18.9. The van der Waals surface area contributed by atoms with Crippen LogP contribution in [0.25, 0.3) is 0 Å². The first-order chi connectivity index (χ1) is 12.2. The Bertz CT molecular complexity index is 623. The van der Waals surface area contributed by atoms with Crippen molar-refractivity contribution < 1.29 is 18.8 Å². The van der Waals surface area contributed by atoms with E-state index in [1.165, 1.54) is 12.8 Å². The number of methoxy groups -OCH3 is 1. The maximum Gasteiger partial charge on any atom is 0.494 e. The summed E-state index contributed by atoms with van der Waals surface area (Å²) in [7, 11) is 1.10. The average molecular weight is 360 g/mol. The van der Waals surface area contributed by atoms with Crippen LogP contribution in [-0.2, 0) is 18.8 Å². The van der Waals surface area contributed by atoms with E-state index in [1.54, 1.807) is 0 Å². The van der Waals surface area contributed by atoms with E-state index in [0.29, 0.717) is 6.54 Å². The van der Waals surface area contributed by atoms with Crippen molar-refractivity contribution >= 4 is 24.2 Å². The molecule has 7 heteroatoms. The lowest BCUT2D eigenvalue weighted by Crippen LogP contribution is -2.48. The summed E-state index contributed by atoms with van der Waals surface area (Å²) in [6.07, 6.45) is 0. The van der Waals surface area contributed by atoms with Crippen LogP contribution in [0.15, 0.2) is 24.3 Å². The van der Waals surface area contributed by atoms with Gasteiger partial charge < -0.3 is 18.9 Å². The van der Waals surface area contributed by atoms with E-state index in [4.69, 9.17) is 14.0 Å². The number of ether oxygens (including phenoxy) is 1. The van der Waals surface area contributed by atoms with Gasteiger partial charge in [0.2, 0.25) is 0 Å². The smallest absolute Gasteiger partial charge is 0.468 e. The summed E-state index contributed by atoms with van der Waals surface area (Å²) in [5, 5.41) is 0. The minimum atomic E-state index is -0.328. The molecule has 0 saturated carbocycles. The number of nitrogens with zero attached hydrogens (tertiary/aromatic N) is 2. The first-order valence-corrected chi connectivity index (χ1v) is 9.21. The molecule has 0 bridgehead atoms. The Morgan fingerprint density at radius 3 is 2.08 bits per heavy atom. The molecule has 0 atom stereocenters. The van der Waals surface area contributed by atoms with Crippen LogP contribution < -0.4 is 10.4 Å². The van der Waals surface area contributed by atoms with Gasteiger partial charge in [-0.25, -0.2) is 0 Å². The predicted octanol–water partition coefficient (Wildman–Crippen LogP) is 1.28. The molecule has 6 nitrogen and oxygen atoms in total. The molecule has 0 radical (unpaired) electrons. The molecule has 2 heterocycles. The van der Waals surface area contributed by atoms with Gasteiger partial charge in [-0.3, -0.25) is 9.69 Å². The fourth-order valence-corrected chi connectivity index (χ4v) is 3.23. The van der Waals surface area contributed by atoms with Crippen molar-refractivity contribution in [2.45, 2.75) is 38.9 Å². The number of rotatable bonds is 4. The second-order valence-corrected chi connectivity index (χ2v) is 8.02. The van der Waals surface area contributed by atoms with Gasteiger partial charge in [0.1, 0.15) is 0 Å². The summed E-state index contributed by atoms with van der Waals surface area (Å²) in [5.74, 6) is -0.176. The average Bonchev–Trinajstić information content (AvgIpc) is 2.83. The molecule has 0 aromatic heterocycles. The quantitative estimate of drug-likeness (QED) is 0.596. The molecule has 3 rings (SSSR count). The molecule has 2 saturated heterocycles. The molecule has 2 aliphatic heterocycles. The highest BCUT2D eigenvalue weighted by Gasteiger charge is 2.51. The van der Waals surface area contributed by atoms with Gasteiger partial charge in [-0.15, -0.1) is 0 Å². The first-order valence-electron chi connectivity index (χ1n) is 9.21. The molecule has 2 fully saturated rings. The standard InChI is InChI=1S/C19H29BN2O4/c1-18(2)19(3,4)26-20(25-18)15-6-8-16(9-7-15)22-12-10-21(11-13-22)14-17(23)24-5/h6-9H,10-14H2,1-5H3. The highest BCUT2D eigenvalue weighted by atomic mass is 16.7. The van der Waals surface area contributed by atoms with Crippen molar-refractivity contribution in [3.05, 3.63) is 24.3 Å². The molecule has 1 aromatic rings. The van der Waals surface area contributed by atoms with Crippen LogP contribution in [0, 0.1) is 0 Å². The molecule has 142 valence electrons. The Morgan fingerprint density at radius 1 is 1.04 bits per heavy atom. The molecule has 0 amide bonds. The number of benzene rings is 1. The summed E-state index contributed by atoms with van der Waals surface area (Å²) in [6.45, 7) is 12.1. The molecular weight excluding hydrogens is 331 g/mol. The summed E-state index contributed by atoms with van der Waals surface area (Å²) < 4.78 is 17.0. The van der Waals surface area contributed by atoms with Crippen LogP contribution >= 0.6 is 0 Å². The Balaban J connectivity index is 1.58. The van der Waals surface area contributed by atoms with E-state index in [1.807, 2.05) is 0 Å².